The predicted molar refractivity (Wildman–Crippen MR) is 71.6 cm³/mol. The first kappa shape index (κ1) is 13.6. The minimum absolute atomic E-state index is 0.0663. The molecule has 0 saturated carbocycles. The van der Waals surface area contributed by atoms with Crippen molar-refractivity contribution in [2.45, 2.75) is 17.1 Å². The Morgan fingerprint density at radius 2 is 2.26 bits per heavy atom. The van der Waals surface area contributed by atoms with E-state index >= 15 is 0 Å². The van der Waals surface area contributed by atoms with Gasteiger partial charge in [0, 0.05) is 18.8 Å². The molecule has 2 aromatic heterocycles. The molecule has 2 aromatic rings. The number of aromatic nitrogens is 4. The first-order chi connectivity index (χ1) is 9.04. The minimum atomic E-state index is -0.0663. The van der Waals surface area contributed by atoms with Gasteiger partial charge in [-0.15, -0.1) is 10.2 Å². The van der Waals surface area contributed by atoms with Crippen molar-refractivity contribution in [1.82, 2.24) is 19.7 Å². The highest BCUT2D eigenvalue weighted by atomic mass is 35.5. The number of nitrogens with zero attached hydrogens (tertiary/aromatic N) is 5. The topological polar surface area (TPSA) is 102 Å². The van der Waals surface area contributed by atoms with Crippen molar-refractivity contribution in [2.24, 2.45) is 17.9 Å². The summed E-state index contributed by atoms with van der Waals surface area (Å²) in [6, 6.07) is 1.57. The van der Waals surface area contributed by atoms with Crippen LogP contribution in [0, 0.1) is 6.92 Å². The lowest BCUT2D eigenvalue weighted by atomic mass is 10.2. The molecule has 0 aliphatic carbocycles. The van der Waals surface area contributed by atoms with Gasteiger partial charge in [-0.2, -0.15) is 0 Å². The number of pyridine rings is 1. The lowest BCUT2D eigenvalue weighted by molar-refractivity contribution is 0.318. The molecule has 0 aliphatic rings. The SMILES string of the molecule is Cc1nnc(Sc2nccc(/C(N)=N/O)c2Cl)n1C. The Morgan fingerprint density at radius 3 is 2.84 bits per heavy atom. The number of oxime groups is 1. The molecule has 2 heterocycles. The fourth-order valence-corrected chi connectivity index (χ4v) is 2.47. The van der Waals surface area contributed by atoms with Gasteiger partial charge in [0.05, 0.1) is 5.02 Å². The van der Waals surface area contributed by atoms with Crippen molar-refractivity contribution in [3.8, 4) is 0 Å². The quantitative estimate of drug-likeness (QED) is 0.384. The molecule has 100 valence electrons. The number of aryl methyl sites for hydroxylation is 1. The van der Waals surface area contributed by atoms with Crippen LogP contribution in [0.5, 0.6) is 0 Å². The summed E-state index contributed by atoms with van der Waals surface area (Å²) in [5, 5.41) is 21.1. The third-order valence-electron chi connectivity index (χ3n) is 2.48. The molecular formula is C10H11ClN6OS. The van der Waals surface area contributed by atoms with E-state index in [4.69, 9.17) is 22.5 Å². The lowest BCUT2D eigenvalue weighted by Gasteiger charge is -2.06. The molecule has 0 aromatic carbocycles. The van der Waals surface area contributed by atoms with Crippen molar-refractivity contribution < 1.29 is 5.21 Å². The molecule has 0 fully saturated rings. The standard InChI is InChI=1S/C10H11ClN6OS/c1-5-14-15-10(17(5)2)19-9-7(11)6(3-4-13-9)8(12)16-18/h3-4,18H,1-2H3,(H2,12,16). The Labute approximate surface area is 118 Å². The molecule has 0 amide bonds. The Hall–Kier alpha value is -1.80. The molecule has 0 radical (unpaired) electrons. The average molecular weight is 299 g/mol. The number of nitrogens with two attached hydrogens (primary N) is 1. The molecular weight excluding hydrogens is 288 g/mol. The summed E-state index contributed by atoms with van der Waals surface area (Å²) in [5.41, 5.74) is 5.95. The van der Waals surface area contributed by atoms with Gasteiger partial charge < -0.3 is 15.5 Å². The van der Waals surface area contributed by atoms with Gasteiger partial charge in [-0.05, 0) is 24.8 Å². The summed E-state index contributed by atoms with van der Waals surface area (Å²) in [6.07, 6.45) is 1.53. The third-order valence-corrected chi connectivity index (χ3v) is 4.02. The highest BCUT2D eigenvalue weighted by Crippen LogP contribution is 2.32. The highest BCUT2D eigenvalue weighted by molar-refractivity contribution is 7.99. The van der Waals surface area contributed by atoms with E-state index in [-0.39, 0.29) is 5.84 Å². The van der Waals surface area contributed by atoms with E-state index in [1.54, 1.807) is 6.07 Å². The smallest absolute Gasteiger partial charge is 0.197 e. The van der Waals surface area contributed by atoms with Crippen LogP contribution in [0.2, 0.25) is 5.02 Å². The Balaban J connectivity index is 2.39. The van der Waals surface area contributed by atoms with Gasteiger partial charge in [0.25, 0.3) is 0 Å². The molecule has 0 unspecified atom stereocenters. The maximum Gasteiger partial charge on any atom is 0.197 e. The number of hydrogen-bond donors (Lipinski definition) is 2. The first-order valence-corrected chi connectivity index (χ1v) is 6.40. The van der Waals surface area contributed by atoms with Gasteiger partial charge in [0.1, 0.15) is 10.9 Å². The van der Waals surface area contributed by atoms with Crippen molar-refractivity contribution in [3.63, 3.8) is 0 Å². The monoisotopic (exact) mass is 298 g/mol. The second-order valence-corrected chi connectivity index (χ2v) is 4.99. The predicted octanol–water partition coefficient (Wildman–Crippen LogP) is 1.42. The van der Waals surface area contributed by atoms with Gasteiger partial charge in [-0.25, -0.2) is 4.98 Å². The van der Waals surface area contributed by atoms with E-state index in [2.05, 4.69) is 20.3 Å². The Bertz CT molecular complexity index is 641. The molecule has 7 nitrogen and oxygen atoms in total. The van der Waals surface area contributed by atoms with E-state index in [1.165, 1.54) is 18.0 Å². The number of hydrogen-bond acceptors (Lipinski definition) is 6. The normalized spacial score (nSPS) is 11.8. The summed E-state index contributed by atoms with van der Waals surface area (Å²) < 4.78 is 1.82. The second-order valence-electron chi connectivity index (χ2n) is 3.65. The molecule has 0 aliphatic heterocycles. The third kappa shape index (κ3) is 2.64. The zero-order valence-corrected chi connectivity index (χ0v) is 11.8. The van der Waals surface area contributed by atoms with Gasteiger partial charge in [-0.1, -0.05) is 16.8 Å². The number of rotatable bonds is 3. The van der Waals surface area contributed by atoms with Crippen molar-refractivity contribution >= 4 is 29.2 Å². The average Bonchev–Trinajstić information content (AvgIpc) is 2.72. The molecule has 0 saturated heterocycles. The van der Waals surface area contributed by atoms with Crippen molar-refractivity contribution in [1.29, 1.82) is 0 Å². The molecule has 2 rings (SSSR count). The van der Waals surface area contributed by atoms with Crippen LogP contribution in [-0.2, 0) is 7.05 Å². The molecule has 9 heteroatoms. The van der Waals surface area contributed by atoms with Crippen LogP contribution in [0.3, 0.4) is 0 Å². The highest BCUT2D eigenvalue weighted by Gasteiger charge is 2.15. The minimum Gasteiger partial charge on any atom is -0.409 e. The summed E-state index contributed by atoms with van der Waals surface area (Å²) in [4.78, 5) is 4.16. The maximum atomic E-state index is 8.69. The largest absolute Gasteiger partial charge is 0.409 e. The van der Waals surface area contributed by atoms with Gasteiger partial charge in [0.2, 0.25) is 0 Å². The summed E-state index contributed by atoms with van der Waals surface area (Å²) >= 11 is 7.44. The Kier molecular flexibility index (Phi) is 3.91. The number of amidine groups is 1. The van der Waals surface area contributed by atoms with Crippen LogP contribution >= 0.6 is 23.4 Å². The lowest BCUT2D eigenvalue weighted by Crippen LogP contribution is -2.14. The van der Waals surface area contributed by atoms with Crippen LogP contribution in [0.1, 0.15) is 11.4 Å². The molecule has 0 bridgehead atoms. The van der Waals surface area contributed by atoms with Crippen LogP contribution in [0.15, 0.2) is 27.6 Å². The fraction of sp³-hybridized carbons (Fsp3) is 0.200. The fourth-order valence-electron chi connectivity index (χ4n) is 1.31. The Morgan fingerprint density at radius 1 is 1.53 bits per heavy atom. The summed E-state index contributed by atoms with van der Waals surface area (Å²) in [6.45, 7) is 1.85. The molecule has 0 atom stereocenters. The maximum absolute atomic E-state index is 8.69. The van der Waals surface area contributed by atoms with E-state index in [0.717, 1.165) is 5.82 Å². The van der Waals surface area contributed by atoms with Crippen LogP contribution < -0.4 is 5.73 Å². The van der Waals surface area contributed by atoms with E-state index in [0.29, 0.717) is 20.8 Å². The summed E-state index contributed by atoms with van der Waals surface area (Å²) in [7, 11) is 1.85. The van der Waals surface area contributed by atoms with Gasteiger partial charge in [0.15, 0.2) is 11.0 Å². The molecule has 0 spiro atoms. The van der Waals surface area contributed by atoms with Crippen LogP contribution in [0.4, 0.5) is 0 Å². The number of halogens is 1. The molecule has 3 N–H and O–H groups in total. The van der Waals surface area contributed by atoms with Gasteiger partial charge >= 0.3 is 0 Å². The van der Waals surface area contributed by atoms with Crippen molar-refractivity contribution in [2.75, 3.05) is 0 Å². The van der Waals surface area contributed by atoms with Crippen molar-refractivity contribution in [3.05, 3.63) is 28.7 Å². The molecule has 19 heavy (non-hydrogen) atoms. The van der Waals surface area contributed by atoms with Crippen LogP contribution in [0.25, 0.3) is 0 Å². The van der Waals surface area contributed by atoms with Gasteiger partial charge in [-0.3, -0.25) is 0 Å². The van der Waals surface area contributed by atoms with E-state index < -0.39 is 0 Å². The van der Waals surface area contributed by atoms with E-state index in [9.17, 15) is 0 Å². The van der Waals surface area contributed by atoms with E-state index in [1.807, 2.05) is 18.5 Å². The summed E-state index contributed by atoms with van der Waals surface area (Å²) in [5.74, 6) is 0.717. The zero-order chi connectivity index (χ0) is 14.0. The first-order valence-electron chi connectivity index (χ1n) is 5.20. The van der Waals surface area contributed by atoms with Crippen LogP contribution in [-0.4, -0.2) is 30.8 Å². The second kappa shape index (κ2) is 5.45. The zero-order valence-electron chi connectivity index (χ0n) is 10.2.